The first-order valence-electron chi connectivity index (χ1n) is 44.4. The van der Waals surface area contributed by atoms with Crippen molar-refractivity contribution in [1.29, 1.82) is 0 Å². The Bertz CT molecular complexity index is 2030. The molecule has 0 bridgehead atoms. The molecule has 0 rings (SSSR count). The van der Waals surface area contributed by atoms with Gasteiger partial charge >= 0.3 is 39.5 Å². The van der Waals surface area contributed by atoms with E-state index in [-0.39, 0.29) is 25.7 Å². The Morgan fingerprint density at radius 3 is 0.724 bits per heavy atom. The minimum absolute atomic E-state index is 0.107. The molecule has 3 unspecified atom stereocenters. The lowest BCUT2D eigenvalue weighted by molar-refractivity contribution is -0.161. The van der Waals surface area contributed by atoms with Crippen LogP contribution in [0.4, 0.5) is 0 Å². The number of hydrogen-bond acceptors (Lipinski definition) is 15. The van der Waals surface area contributed by atoms with Crippen molar-refractivity contribution in [1.82, 2.24) is 0 Å². The highest BCUT2D eigenvalue weighted by Gasteiger charge is 2.30. The fraction of sp³-hybridized carbons (Fsp3) is 0.953. The number of aliphatic hydroxyl groups is 1. The SMILES string of the molecule is CCCCCCCCCCCCCCCCCCC(=O)OC[C@H](COP(=O)(O)OC[C@@H](O)COP(=O)(O)OC[C@@H](COC(=O)CCCCCCCCCCCC(C)C)OC(=O)CCCCCCCCCCCCCCC(C)C)OC(=O)CCCCCCCCCCCCCCCCCCCCC(C)CC. The number of esters is 4. The molecule has 0 aromatic carbocycles. The molecule has 19 heteroatoms. The summed E-state index contributed by atoms with van der Waals surface area (Å²) in [6.45, 7) is 12.0. The van der Waals surface area contributed by atoms with Gasteiger partial charge in [0.05, 0.1) is 26.4 Å². The van der Waals surface area contributed by atoms with E-state index in [0.29, 0.717) is 25.7 Å². The average Bonchev–Trinajstić information content (AvgIpc) is 0.910. The Labute approximate surface area is 645 Å². The summed E-state index contributed by atoms with van der Waals surface area (Å²) < 4.78 is 68.9. The van der Waals surface area contributed by atoms with Crippen LogP contribution in [0, 0.1) is 17.8 Å². The summed E-state index contributed by atoms with van der Waals surface area (Å²) in [6, 6.07) is 0. The van der Waals surface area contributed by atoms with Gasteiger partial charge in [0.1, 0.15) is 19.3 Å². The zero-order valence-corrected chi connectivity index (χ0v) is 71.0. The summed E-state index contributed by atoms with van der Waals surface area (Å²) in [7, 11) is -9.93. The summed E-state index contributed by atoms with van der Waals surface area (Å²) in [6.07, 6.45) is 66.6. The molecule has 3 N–H and O–H groups in total. The molecule has 0 saturated carbocycles. The van der Waals surface area contributed by atoms with E-state index in [2.05, 4.69) is 48.5 Å². The number of unbranched alkanes of at least 4 members (excludes halogenated alkanes) is 51. The van der Waals surface area contributed by atoms with Crippen LogP contribution in [-0.2, 0) is 65.4 Å². The normalized spacial score (nSPS) is 14.1. The quantitative estimate of drug-likeness (QED) is 0.0222. The molecule has 0 radical (unpaired) electrons. The first-order chi connectivity index (χ1) is 50.8. The van der Waals surface area contributed by atoms with E-state index in [0.717, 1.165) is 108 Å². The second-order valence-corrected chi connectivity index (χ2v) is 35.0. The van der Waals surface area contributed by atoms with Gasteiger partial charge in [-0.25, -0.2) is 9.13 Å². The largest absolute Gasteiger partial charge is 0.472 e. The molecule has 0 fully saturated rings. The van der Waals surface area contributed by atoms with Gasteiger partial charge in [-0.3, -0.25) is 37.3 Å². The number of hydrogen-bond donors (Lipinski definition) is 3. The second kappa shape index (κ2) is 76.1. The van der Waals surface area contributed by atoms with Gasteiger partial charge < -0.3 is 33.8 Å². The van der Waals surface area contributed by atoms with E-state index in [1.807, 2.05) is 0 Å². The summed E-state index contributed by atoms with van der Waals surface area (Å²) in [4.78, 5) is 73.2. The van der Waals surface area contributed by atoms with Gasteiger partial charge in [0.2, 0.25) is 0 Å². The van der Waals surface area contributed by atoms with Crippen molar-refractivity contribution in [3.05, 3.63) is 0 Å². The maximum Gasteiger partial charge on any atom is 0.472 e. The second-order valence-electron chi connectivity index (χ2n) is 32.1. The number of aliphatic hydroxyl groups excluding tert-OH is 1. The monoisotopic (exact) mass is 1540 g/mol. The molecule has 0 aromatic rings. The predicted octanol–water partition coefficient (Wildman–Crippen LogP) is 26.1. The third-order valence-electron chi connectivity index (χ3n) is 20.5. The minimum atomic E-state index is -4.97. The number of phosphoric ester groups is 2. The summed E-state index contributed by atoms with van der Waals surface area (Å²) >= 11 is 0. The highest BCUT2D eigenvalue weighted by atomic mass is 31.2. The van der Waals surface area contributed by atoms with Crippen molar-refractivity contribution in [3.8, 4) is 0 Å². The molecule has 105 heavy (non-hydrogen) atoms. The molecule has 624 valence electrons. The molecular formula is C86H168O17P2. The van der Waals surface area contributed by atoms with Gasteiger partial charge in [-0.05, 0) is 43.4 Å². The van der Waals surface area contributed by atoms with E-state index in [1.165, 1.54) is 263 Å². The maximum atomic E-state index is 13.1. The molecule has 0 heterocycles. The Hall–Kier alpha value is -1.94. The van der Waals surface area contributed by atoms with Crippen LogP contribution in [0.5, 0.6) is 0 Å². The van der Waals surface area contributed by atoms with Crippen LogP contribution in [-0.4, -0.2) is 96.7 Å². The van der Waals surface area contributed by atoms with Crippen LogP contribution < -0.4 is 0 Å². The van der Waals surface area contributed by atoms with Crippen molar-refractivity contribution >= 4 is 39.5 Å². The van der Waals surface area contributed by atoms with E-state index < -0.39 is 97.5 Å². The third kappa shape index (κ3) is 78.5. The first kappa shape index (κ1) is 103. The van der Waals surface area contributed by atoms with Crippen LogP contribution in [0.25, 0.3) is 0 Å². The third-order valence-corrected chi connectivity index (χ3v) is 22.4. The number of carbonyl (C=O) groups is 4. The fourth-order valence-electron chi connectivity index (χ4n) is 13.3. The van der Waals surface area contributed by atoms with Gasteiger partial charge in [-0.2, -0.15) is 0 Å². The van der Waals surface area contributed by atoms with Gasteiger partial charge in [-0.15, -0.1) is 0 Å². The van der Waals surface area contributed by atoms with Crippen LogP contribution >= 0.6 is 15.6 Å². The molecule has 0 spiro atoms. The van der Waals surface area contributed by atoms with E-state index >= 15 is 0 Å². The van der Waals surface area contributed by atoms with Crippen LogP contribution in [0.3, 0.4) is 0 Å². The number of rotatable bonds is 84. The smallest absolute Gasteiger partial charge is 0.462 e. The summed E-state index contributed by atoms with van der Waals surface area (Å²) in [5.74, 6) is 0.288. The Morgan fingerprint density at radius 2 is 0.486 bits per heavy atom. The van der Waals surface area contributed by atoms with Crippen LogP contribution in [0.15, 0.2) is 0 Å². The summed E-state index contributed by atoms with van der Waals surface area (Å²) in [5, 5.41) is 10.7. The number of carbonyl (C=O) groups excluding carboxylic acids is 4. The Balaban J connectivity index is 5.24. The van der Waals surface area contributed by atoms with E-state index in [1.54, 1.807) is 0 Å². The number of ether oxygens (including phenoxy) is 4. The van der Waals surface area contributed by atoms with Crippen molar-refractivity contribution in [2.45, 2.75) is 471 Å². The molecule has 0 aromatic heterocycles. The van der Waals surface area contributed by atoms with E-state index in [4.69, 9.17) is 37.0 Å². The van der Waals surface area contributed by atoms with Gasteiger partial charge in [-0.1, -0.05) is 402 Å². The molecule has 0 aliphatic carbocycles. The molecule has 0 amide bonds. The number of phosphoric acid groups is 2. The lowest BCUT2D eigenvalue weighted by Gasteiger charge is -2.21. The van der Waals surface area contributed by atoms with Crippen molar-refractivity contribution in [2.75, 3.05) is 39.6 Å². The maximum absolute atomic E-state index is 13.1. The minimum Gasteiger partial charge on any atom is -0.462 e. The van der Waals surface area contributed by atoms with Gasteiger partial charge in [0, 0.05) is 25.7 Å². The predicted molar refractivity (Wildman–Crippen MR) is 432 cm³/mol. The first-order valence-corrected chi connectivity index (χ1v) is 47.4. The molecule has 6 atom stereocenters. The standard InChI is InChI=1S/C86H168O17P2/c1-8-10-11-12-13-14-15-16-17-23-26-32-39-46-53-60-67-83(88)96-73-81(102-85(90)69-62-55-48-40-33-27-24-21-19-18-20-22-25-31-38-45-52-59-66-79(7)9-2)75-100-104(92,93)98-71-80(87)72-99-105(94,95)101-76-82(74-97-84(89)68-61-54-47-42-35-37-44-51-58-65-78(5)6)103-86(91)70-63-56-49-41-34-29-28-30-36-43-50-57-64-77(3)4/h77-82,87H,8-76H2,1-7H3,(H,92,93)(H,94,95)/t79?,80-,81-,82-/m1/s1. The molecule has 17 nitrogen and oxygen atoms in total. The fourth-order valence-corrected chi connectivity index (χ4v) is 14.9. The van der Waals surface area contributed by atoms with Gasteiger partial charge in [0.15, 0.2) is 12.2 Å². The average molecular weight is 1540 g/mol. The van der Waals surface area contributed by atoms with Crippen molar-refractivity contribution < 1.29 is 80.2 Å². The summed E-state index contributed by atoms with van der Waals surface area (Å²) in [5.41, 5.74) is 0. The lowest BCUT2D eigenvalue weighted by Crippen LogP contribution is -2.30. The highest BCUT2D eigenvalue weighted by Crippen LogP contribution is 2.45. The van der Waals surface area contributed by atoms with E-state index in [9.17, 15) is 43.2 Å². The van der Waals surface area contributed by atoms with Gasteiger partial charge in [0.25, 0.3) is 0 Å². The van der Waals surface area contributed by atoms with Crippen LogP contribution in [0.2, 0.25) is 0 Å². The van der Waals surface area contributed by atoms with Crippen molar-refractivity contribution in [2.24, 2.45) is 17.8 Å². The molecular weight excluding hydrogens is 1370 g/mol. The molecule has 0 saturated heterocycles. The highest BCUT2D eigenvalue weighted by molar-refractivity contribution is 7.47. The zero-order valence-electron chi connectivity index (χ0n) is 69.2. The Kier molecular flexibility index (Phi) is 74.7. The zero-order chi connectivity index (χ0) is 77.2. The molecule has 0 aliphatic heterocycles. The molecule has 0 aliphatic rings. The van der Waals surface area contributed by atoms with Crippen molar-refractivity contribution in [3.63, 3.8) is 0 Å². The lowest BCUT2D eigenvalue weighted by atomic mass is 9.99. The van der Waals surface area contributed by atoms with Crippen LogP contribution in [0.1, 0.15) is 453 Å². The Morgan fingerprint density at radius 1 is 0.276 bits per heavy atom. The topological polar surface area (TPSA) is 237 Å².